The molecule has 1 aromatic carbocycles. The van der Waals surface area contributed by atoms with Gasteiger partial charge in [-0.3, -0.25) is 10.1 Å². The molecule has 0 radical (unpaired) electrons. The van der Waals surface area contributed by atoms with Gasteiger partial charge in [-0.05, 0) is 17.4 Å². The van der Waals surface area contributed by atoms with Gasteiger partial charge in [0, 0.05) is 24.7 Å². The average molecular weight is 266 g/mol. The summed E-state index contributed by atoms with van der Waals surface area (Å²) in [5, 5.41) is 23.3. The lowest BCUT2D eigenvalue weighted by molar-refractivity contribution is -0.384. The normalized spacial score (nSPS) is 13.3. The number of rotatable bonds is 6. The summed E-state index contributed by atoms with van der Waals surface area (Å²) in [5.74, 6) is 0. The van der Waals surface area contributed by atoms with Gasteiger partial charge in [0.05, 0.1) is 11.5 Å². The first-order valence-corrected chi connectivity index (χ1v) is 6.39. The molecule has 19 heavy (non-hydrogen) atoms. The SMILES string of the molecule is CC(C)(C)CC(CO)NCc1cccc([N+](=O)[O-])c1. The Kier molecular flexibility index (Phi) is 5.44. The summed E-state index contributed by atoms with van der Waals surface area (Å²) in [5.41, 5.74) is 1.07. The second-order valence-electron chi connectivity index (χ2n) is 5.95. The summed E-state index contributed by atoms with van der Waals surface area (Å²) in [6, 6.07) is 6.54. The number of benzene rings is 1. The highest BCUT2D eigenvalue weighted by atomic mass is 16.6. The van der Waals surface area contributed by atoms with Crippen molar-refractivity contribution in [3.63, 3.8) is 0 Å². The number of hydrogen-bond donors (Lipinski definition) is 2. The maximum atomic E-state index is 10.7. The molecule has 5 heteroatoms. The Balaban J connectivity index is 2.60. The fourth-order valence-corrected chi connectivity index (χ4v) is 1.98. The van der Waals surface area contributed by atoms with Crippen LogP contribution in [0.5, 0.6) is 0 Å². The van der Waals surface area contributed by atoms with Gasteiger partial charge in [-0.1, -0.05) is 32.9 Å². The van der Waals surface area contributed by atoms with E-state index in [0.29, 0.717) is 6.54 Å². The third-order valence-corrected chi connectivity index (χ3v) is 2.80. The lowest BCUT2D eigenvalue weighted by Gasteiger charge is -2.25. The van der Waals surface area contributed by atoms with Gasteiger partial charge in [-0.2, -0.15) is 0 Å². The van der Waals surface area contributed by atoms with Crippen LogP contribution in [0.3, 0.4) is 0 Å². The zero-order valence-corrected chi connectivity index (χ0v) is 11.7. The molecule has 0 aromatic heterocycles. The van der Waals surface area contributed by atoms with Crippen LogP contribution in [0, 0.1) is 15.5 Å². The van der Waals surface area contributed by atoms with Gasteiger partial charge in [0.15, 0.2) is 0 Å². The van der Waals surface area contributed by atoms with Crippen molar-refractivity contribution in [3.8, 4) is 0 Å². The second kappa shape index (κ2) is 6.63. The monoisotopic (exact) mass is 266 g/mol. The van der Waals surface area contributed by atoms with Gasteiger partial charge in [0.2, 0.25) is 0 Å². The first-order chi connectivity index (χ1) is 8.81. The highest BCUT2D eigenvalue weighted by Gasteiger charge is 2.17. The number of nitrogens with one attached hydrogen (secondary N) is 1. The molecule has 0 spiro atoms. The van der Waals surface area contributed by atoms with Crippen LogP contribution in [0.1, 0.15) is 32.8 Å². The van der Waals surface area contributed by atoms with Crippen molar-refractivity contribution in [3.05, 3.63) is 39.9 Å². The van der Waals surface area contributed by atoms with E-state index in [1.165, 1.54) is 6.07 Å². The third-order valence-electron chi connectivity index (χ3n) is 2.80. The summed E-state index contributed by atoms with van der Waals surface area (Å²) in [4.78, 5) is 10.3. The lowest BCUT2D eigenvalue weighted by atomic mass is 9.88. The van der Waals surface area contributed by atoms with Crippen molar-refractivity contribution in [2.75, 3.05) is 6.61 Å². The number of aliphatic hydroxyl groups is 1. The molecule has 1 aromatic rings. The molecule has 0 bridgehead atoms. The Labute approximate surface area is 113 Å². The molecule has 106 valence electrons. The predicted octanol–water partition coefficient (Wildman–Crippen LogP) is 2.48. The second-order valence-corrected chi connectivity index (χ2v) is 5.95. The first kappa shape index (κ1) is 15.6. The summed E-state index contributed by atoms with van der Waals surface area (Å²) < 4.78 is 0. The molecule has 0 aliphatic heterocycles. The Bertz CT molecular complexity index is 427. The molecule has 0 aliphatic rings. The minimum Gasteiger partial charge on any atom is -0.395 e. The summed E-state index contributed by atoms with van der Waals surface area (Å²) >= 11 is 0. The summed E-state index contributed by atoms with van der Waals surface area (Å²) in [6.07, 6.45) is 0.846. The molecule has 0 saturated carbocycles. The van der Waals surface area contributed by atoms with Crippen LogP contribution in [0.15, 0.2) is 24.3 Å². The van der Waals surface area contributed by atoms with E-state index in [9.17, 15) is 15.2 Å². The fraction of sp³-hybridized carbons (Fsp3) is 0.571. The van der Waals surface area contributed by atoms with Crippen LogP contribution in [0.25, 0.3) is 0 Å². The smallest absolute Gasteiger partial charge is 0.269 e. The van der Waals surface area contributed by atoms with Gasteiger partial charge in [-0.15, -0.1) is 0 Å². The van der Waals surface area contributed by atoms with E-state index in [4.69, 9.17) is 0 Å². The Morgan fingerprint density at radius 3 is 2.63 bits per heavy atom. The first-order valence-electron chi connectivity index (χ1n) is 6.39. The van der Waals surface area contributed by atoms with Crippen molar-refractivity contribution in [1.82, 2.24) is 5.32 Å². The van der Waals surface area contributed by atoms with Crippen molar-refractivity contribution < 1.29 is 10.0 Å². The van der Waals surface area contributed by atoms with Crippen LogP contribution in [0.2, 0.25) is 0 Å². The molecule has 0 amide bonds. The van der Waals surface area contributed by atoms with Crippen molar-refractivity contribution in [2.45, 2.75) is 39.8 Å². The number of nitrogens with zero attached hydrogens (tertiary/aromatic N) is 1. The topological polar surface area (TPSA) is 75.4 Å². The van der Waals surface area contributed by atoms with Crippen LogP contribution < -0.4 is 5.32 Å². The van der Waals surface area contributed by atoms with Crippen molar-refractivity contribution >= 4 is 5.69 Å². The fourth-order valence-electron chi connectivity index (χ4n) is 1.98. The van der Waals surface area contributed by atoms with Crippen LogP contribution in [0.4, 0.5) is 5.69 Å². The highest BCUT2D eigenvalue weighted by Crippen LogP contribution is 2.21. The zero-order chi connectivity index (χ0) is 14.5. The van der Waals surface area contributed by atoms with E-state index in [1.807, 2.05) is 6.07 Å². The lowest BCUT2D eigenvalue weighted by Crippen LogP contribution is -2.35. The molecular formula is C14H22N2O3. The van der Waals surface area contributed by atoms with Gasteiger partial charge < -0.3 is 10.4 Å². The molecule has 0 aliphatic carbocycles. The summed E-state index contributed by atoms with van der Waals surface area (Å²) in [6.45, 7) is 6.93. The maximum absolute atomic E-state index is 10.7. The average Bonchev–Trinajstić information content (AvgIpc) is 2.33. The molecule has 5 nitrogen and oxygen atoms in total. The quantitative estimate of drug-likeness (QED) is 0.612. The zero-order valence-electron chi connectivity index (χ0n) is 11.7. The highest BCUT2D eigenvalue weighted by molar-refractivity contribution is 5.34. The Morgan fingerprint density at radius 2 is 2.11 bits per heavy atom. The predicted molar refractivity (Wildman–Crippen MR) is 74.9 cm³/mol. The van der Waals surface area contributed by atoms with Crippen molar-refractivity contribution in [1.29, 1.82) is 0 Å². The third kappa shape index (κ3) is 5.81. The molecular weight excluding hydrogens is 244 g/mol. The molecule has 0 saturated heterocycles. The Hall–Kier alpha value is -1.46. The van der Waals surface area contributed by atoms with Gasteiger partial charge in [-0.25, -0.2) is 0 Å². The minimum atomic E-state index is -0.401. The largest absolute Gasteiger partial charge is 0.395 e. The number of aliphatic hydroxyl groups excluding tert-OH is 1. The van der Waals surface area contributed by atoms with Gasteiger partial charge in [0.1, 0.15) is 0 Å². The van der Waals surface area contributed by atoms with E-state index in [2.05, 4.69) is 26.1 Å². The minimum absolute atomic E-state index is 0.000683. The number of nitro benzene ring substituents is 1. The molecule has 1 unspecified atom stereocenters. The van der Waals surface area contributed by atoms with E-state index >= 15 is 0 Å². The van der Waals surface area contributed by atoms with E-state index in [1.54, 1.807) is 12.1 Å². The van der Waals surface area contributed by atoms with Crippen LogP contribution in [-0.4, -0.2) is 22.7 Å². The number of hydrogen-bond acceptors (Lipinski definition) is 4. The molecule has 0 fully saturated rings. The van der Waals surface area contributed by atoms with E-state index in [-0.39, 0.29) is 23.8 Å². The number of nitro groups is 1. The molecule has 1 atom stereocenters. The van der Waals surface area contributed by atoms with Gasteiger partial charge in [0.25, 0.3) is 5.69 Å². The van der Waals surface area contributed by atoms with Crippen molar-refractivity contribution in [2.24, 2.45) is 5.41 Å². The van der Waals surface area contributed by atoms with E-state index < -0.39 is 4.92 Å². The molecule has 1 rings (SSSR count). The van der Waals surface area contributed by atoms with Crippen LogP contribution in [-0.2, 0) is 6.54 Å². The molecule has 2 N–H and O–H groups in total. The van der Waals surface area contributed by atoms with Gasteiger partial charge >= 0.3 is 0 Å². The van der Waals surface area contributed by atoms with E-state index in [0.717, 1.165) is 12.0 Å². The molecule has 0 heterocycles. The standard InChI is InChI=1S/C14H22N2O3/c1-14(2,3)8-12(10-17)15-9-11-5-4-6-13(7-11)16(18)19/h4-7,12,15,17H,8-10H2,1-3H3. The maximum Gasteiger partial charge on any atom is 0.269 e. The Morgan fingerprint density at radius 1 is 1.42 bits per heavy atom. The van der Waals surface area contributed by atoms with Crippen LogP contribution >= 0.6 is 0 Å². The number of non-ortho nitro benzene ring substituents is 1. The summed E-state index contributed by atoms with van der Waals surface area (Å²) in [7, 11) is 0.